The average molecular weight is 394 g/mol. The van der Waals surface area contributed by atoms with Gasteiger partial charge in [0, 0.05) is 31.9 Å². The van der Waals surface area contributed by atoms with Crippen LogP contribution in [0, 0.1) is 20.8 Å². The maximum Gasteiger partial charge on any atom is 0.241 e. The van der Waals surface area contributed by atoms with Crippen molar-refractivity contribution in [3.05, 3.63) is 64.7 Å². The Morgan fingerprint density at radius 2 is 1.55 bits per heavy atom. The Morgan fingerprint density at radius 3 is 2.21 bits per heavy atom. The molecule has 1 fully saturated rings. The van der Waals surface area contributed by atoms with Crippen molar-refractivity contribution in [1.29, 1.82) is 0 Å². The number of hydrogen-bond acceptors (Lipinski definition) is 3. The van der Waals surface area contributed by atoms with Gasteiger partial charge in [0.2, 0.25) is 11.8 Å². The molecule has 1 N–H and O–H groups in total. The Kier molecular flexibility index (Phi) is 6.70. The molecular formula is C24H31N3O2. The summed E-state index contributed by atoms with van der Waals surface area (Å²) in [6, 6.07) is 13.9. The summed E-state index contributed by atoms with van der Waals surface area (Å²) in [5.41, 5.74) is 5.29. The van der Waals surface area contributed by atoms with Gasteiger partial charge in [0.15, 0.2) is 0 Å². The van der Waals surface area contributed by atoms with Gasteiger partial charge in [-0.15, -0.1) is 0 Å². The highest BCUT2D eigenvalue weighted by atomic mass is 16.2. The number of benzene rings is 2. The van der Waals surface area contributed by atoms with Crippen molar-refractivity contribution in [3.8, 4) is 0 Å². The van der Waals surface area contributed by atoms with E-state index in [1.807, 2.05) is 75.1 Å². The number of carbonyl (C=O) groups excluding carboxylic acids is 2. The van der Waals surface area contributed by atoms with Crippen molar-refractivity contribution in [3.63, 3.8) is 0 Å². The second-order valence-corrected chi connectivity index (χ2v) is 8.06. The monoisotopic (exact) mass is 393 g/mol. The van der Waals surface area contributed by atoms with Gasteiger partial charge in [-0.1, -0.05) is 42.0 Å². The van der Waals surface area contributed by atoms with Gasteiger partial charge >= 0.3 is 0 Å². The SMILES string of the molecule is Cc1ccc(CC(=O)N2CCN(C(C)C(=O)Nc3cc(C)ccc3C)CC2)cc1. The van der Waals surface area contributed by atoms with Gasteiger partial charge in [0.1, 0.15) is 0 Å². The van der Waals surface area contributed by atoms with E-state index in [0.29, 0.717) is 32.6 Å². The Labute approximate surface area is 173 Å². The molecule has 2 aromatic carbocycles. The third-order valence-electron chi connectivity index (χ3n) is 5.72. The predicted octanol–water partition coefficient (Wildman–Crippen LogP) is 3.33. The predicted molar refractivity (Wildman–Crippen MR) is 117 cm³/mol. The first-order valence-corrected chi connectivity index (χ1v) is 10.3. The molecule has 2 aromatic rings. The summed E-state index contributed by atoms with van der Waals surface area (Å²) in [4.78, 5) is 29.4. The molecule has 1 atom stereocenters. The number of piperazine rings is 1. The number of nitrogens with zero attached hydrogens (tertiary/aromatic N) is 2. The lowest BCUT2D eigenvalue weighted by Gasteiger charge is -2.37. The topological polar surface area (TPSA) is 52.7 Å². The summed E-state index contributed by atoms with van der Waals surface area (Å²) < 4.78 is 0. The molecule has 3 rings (SSSR count). The summed E-state index contributed by atoms with van der Waals surface area (Å²) in [6.07, 6.45) is 0.433. The van der Waals surface area contributed by atoms with Crippen molar-refractivity contribution in [2.24, 2.45) is 0 Å². The van der Waals surface area contributed by atoms with Gasteiger partial charge in [0.25, 0.3) is 0 Å². The standard InChI is InChI=1S/C24H31N3O2/c1-17-6-9-21(10-7-17)16-23(28)27-13-11-26(12-14-27)20(4)24(29)25-22-15-18(2)5-8-19(22)3/h5-10,15,20H,11-14,16H2,1-4H3,(H,25,29). The smallest absolute Gasteiger partial charge is 0.241 e. The molecule has 0 bridgehead atoms. The van der Waals surface area contributed by atoms with E-state index in [0.717, 1.165) is 22.4 Å². The summed E-state index contributed by atoms with van der Waals surface area (Å²) in [5, 5.41) is 3.06. The Hall–Kier alpha value is -2.66. The van der Waals surface area contributed by atoms with Crippen LogP contribution in [-0.2, 0) is 16.0 Å². The normalized spacial score (nSPS) is 15.8. The zero-order chi connectivity index (χ0) is 21.0. The van der Waals surface area contributed by atoms with Crippen LogP contribution in [0.25, 0.3) is 0 Å². The van der Waals surface area contributed by atoms with E-state index < -0.39 is 0 Å². The first-order valence-electron chi connectivity index (χ1n) is 10.3. The van der Waals surface area contributed by atoms with Crippen LogP contribution in [0.15, 0.2) is 42.5 Å². The van der Waals surface area contributed by atoms with Gasteiger partial charge in [0.05, 0.1) is 12.5 Å². The van der Waals surface area contributed by atoms with Gasteiger partial charge in [-0.3, -0.25) is 14.5 Å². The number of amides is 2. The van der Waals surface area contributed by atoms with E-state index in [9.17, 15) is 9.59 Å². The van der Waals surface area contributed by atoms with Crippen LogP contribution in [0.4, 0.5) is 5.69 Å². The highest BCUT2D eigenvalue weighted by Crippen LogP contribution is 2.18. The van der Waals surface area contributed by atoms with Crippen LogP contribution in [0.3, 0.4) is 0 Å². The lowest BCUT2D eigenvalue weighted by atomic mass is 10.1. The van der Waals surface area contributed by atoms with Crippen molar-refractivity contribution in [2.45, 2.75) is 40.2 Å². The van der Waals surface area contributed by atoms with E-state index in [2.05, 4.69) is 10.2 Å². The molecule has 0 aromatic heterocycles. The molecule has 0 radical (unpaired) electrons. The minimum absolute atomic E-state index is 0.00173. The maximum atomic E-state index is 12.7. The van der Waals surface area contributed by atoms with Gasteiger partial charge < -0.3 is 10.2 Å². The van der Waals surface area contributed by atoms with E-state index in [-0.39, 0.29) is 17.9 Å². The summed E-state index contributed by atoms with van der Waals surface area (Å²) in [5.74, 6) is 0.152. The maximum absolute atomic E-state index is 12.7. The van der Waals surface area contributed by atoms with Crippen LogP contribution in [0.1, 0.15) is 29.2 Å². The van der Waals surface area contributed by atoms with Crippen molar-refractivity contribution >= 4 is 17.5 Å². The lowest BCUT2D eigenvalue weighted by Crippen LogP contribution is -2.54. The molecule has 154 valence electrons. The average Bonchev–Trinajstić information content (AvgIpc) is 2.72. The molecule has 0 saturated carbocycles. The lowest BCUT2D eigenvalue weighted by molar-refractivity contribution is -0.133. The number of aryl methyl sites for hydroxylation is 3. The van der Waals surface area contributed by atoms with E-state index in [1.54, 1.807) is 0 Å². The fourth-order valence-corrected chi connectivity index (χ4v) is 3.62. The van der Waals surface area contributed by atoms with Crippen LogP contribution in [0.5, 0.6) is 0 Å². The Bertz CT molecular complexity index is 868. The van der Waals surface area contributed by atoms with Crippen molar-refractivity contribution in [2.75, 3.05) is 31.5 Å². The van der Waals surface area contributed by atoms with Gasteiger partial charge in [-0.05, 0) is 50.5 Å². The highest BCUT2D eigenvalue weighted by molar-refractivity contribution is 5.95. The number of anilines is 1. The zero-order valence-electron chi connectivity index (χ0n) is 17.9. The fraction of sp³-hybridized carbons (Fsp3) is 0.417. The van der Waals surface area contributed by atoms with Crippen LogP contribution >= 0.6 is 0 Å². The second-order valence-electron chi connectivity index (χ2n) is 8.06. The number of hydrogen-bond donors (Lipinski definition) is 1. The van der Waals surface area contributed by atoms with E-state index >= 15 is 0 Å². The fourth-order valence-electron chi connectivity index (χ4n) is 3.62. The Balaban J connectivity index is 1.51. The quantitative estimate of drug-likeness (QED) is 0.848. The van der Waals surface area contributed by atoms with Crippen LogP contribution in [0.2, 0.25) is 0 Å². The summed E-state index contributed by atoms with van der Waals surface area (Å²) in [7, 11) is 0. The van der Waals surface area contributed by atoms with Crippen molar-refractivity contribution in [1.82, 2.24) is 9.80 Å². The molecule has 1 heterocycles. The second kappa shape index (κ2) is 9.23. The summed E-state index contributed by atoms with van der Waals surface area (Å²) in [6.45, 7) is 10.7. The summed E-state index contributed by atoms with van der Waals surface area (Å²) >= 11 is 0. The molecule has 1 aliphatic heterocycles. The van der Waals surface area contributed by atoms with E-state index in [1.165, 1.54) is 5.56 Å². The van der Waals surface area contributed by atoms with Crippen LogP contribution in [-0.4, -0.2) is 53.8 Å². The van der Waals surface area contributed by atoms with Gasteiger partial charge in [-0.2, -0.15) is 0 Å². The molecule has 1 unspecified atom stereocenters. The zero-order valence-corrected chi connectivity index (χ0v) is 17.9. The largest absolute Gasteiger partial charge is 0.340 e. The number of carbonyl (C=O) groups is 2. The number of rotatable bonds is 5. The molecule has 29 heavy (non-hydrogen) atoms. The highest BCUT2D eigenvalue weighted by Gasteiger charge is 2.27. The van der Waals surface area contributed by atoms with Crippen molar-refractivity contribution < 1.29 is 9.59 Å². The Morgan fingerprint density at radius 1 is 0.931 bits per heavy atom. The minimum atomic E-state index is -0.232. The number of nitrogens with one attached hydrogen (secondary N) is 1. The van der Waals surface area contributed by atoms with Gasteiger partial charge in [-0.25, -0.2) is 0 Å². The molecule has 5 heteroatoms. The minimum Gasteiger partial charge on any atom is -0.340 e. The van der Waals surface area contributed by atoms with E-state index in [4.69, 9.17) is 0 Å². The molecule has 0 aliphatic carbocycles. The molecular weight excluding hydrogens is 362 g/mol. The molecule has 2 amide bonds. The third kappa shape index (κ3) is 5.45. The molecule has 1 aliphatic rings. The first-order chi connectivity index (χ1) is 13.8. The first kappa shape index (κ1) is 21.1. The third-order valence-corrected chi connectivity index (χ3v) is 5.72. The molecule has 0 spiro atoms. The molecule has 5 nitrogen and oxygen atoms in total. The van der Waals surface area contributed by atoms with Crippen LogP contribution < -0.4 is 5.32 Å². The molecule has 1 saturated heterocycles.